The Morgan fingerprint density at radius 3 is 2.38 bits per heavy atom. The van der Waals surface area contributed by atoms with Crippen molar-refractivity contribution in [2.75, 3.05) is 13.2 Å². The standard InChI is InChI=1S/C16H23NO4/c1-4-21-15(20)16(11-18,10-12(2)3)17-14(19)13-8-6-5-7-9-13/h5-9,12,18H,4,10-11H2,1-3H3,(H,17,19)/t16-/m0/s1. The number of esters is 1. The van der Waals surface area contributed by atoms with Crippen LogP contribution < -0.4 is 5.32 Å². The maximum absolute atomic E-state index is 12.3. The van der Waals surface area contributed by atoms with E-state index in [-0.39, 0.29) is 12.5 Å². The van der Waals surface area contributed by atoms with Gasteiger partial charge in [-0.15, -0.1) is 0 Å². The second-order valence-corrected chi connectivity index (χ2v) is 5.38. The molecule has 0 aliphatic carbocycles. The maximum atomic E-state index is 12.3. The molecule has 0 spiro atoms. The Hall–Kier alpha value is -1.88. The van der Waals surface area contributed by atoms with Gasteiger partial charge in [0.2, 0.25) is 0 Å². The fourth-order valence-electron chi connectivity index (χ4n) is 2.20. The molecule has 1 aromatic carbocycles. The van der Waals surface area contributed by atoms with Gasteiger partial charge >= 0.3 is 5.97 Å². The van der Waals surface area contributed by atoms with E-state index in [1.54, 1.807) is 37.3 Å². The molecule has 2 N–H and O–H groups in total. The minimum Gasteiger partial charge on any atom is -0.464 e. The number of hydrogen-bond acceptors (Lipinski definition) is 4. The molecule has 0 heterocycles. The summed E-state index contributed by atoms with van der Waals surface area (Å²) in [6, 6.07) is 8.58. The Labute approximate surface area is 125 Å². The molecule has 0 saturated heterocycles. The van der Waals surface area contributed by atoms with E-state index in [0.717, 1.165) is 0 Å². The van der Waals surface area contributed by atoms with E-state index in [4.69, 9.17) is 4.74 Å². The average molecular weight is 293 g/mol. The Morgan fingerprint density at radius 1 is 1.29 bits per heavy atom. The molecule has 0 saturated carbocycles. The monoisotopic (exact) mass is 293 g/mol. The summed E-state index contributed by atoms with van der Waals surface area (Å²) in [6.07, 6.45) is 0.306. The van der Waals surface area contributed by atoms with E-state index >= 15 is 0 Å². The highest BCUT2D eigenvalue weighted by Gasteiger charge is 2.41. The first-order valence-corrected chi connectivity index (χ1v) is 7.11. The van der Waals surface area contributed by atoms with Crippen molar-refractivity contribution in [1.82, 2.24) is 5.32 Å². The maximum Gasteiger partial charge on any atom is 0.334 e. The van der Waals surface area contributed by atoms with Crippen molar-refractivity contribution in [2.24, 2.45) is 5.92 Å². The molecule has 0 radical (unpaired) electrons. The van der Waals surface area contributed by atoms with Crippen molar-refractivity contribution in [3.05, 3.63) is 35.9 Å². The largest absolute Gasteiger partial charge is 0.464 e. The van der Waals surface area contributed by atoms with Crippen molar-refractivity contribution in [3.8, 4) is 0 Å². The first kappa shape index (κ1) is 17.2. The molecule has 5 heteroatoms. The molecule has 116 valence electrons. The van der Waals surface area contributed by atoms with Gasteiger partial charge < -0.3 is 15.2 Å². The zero-order valence-electron chi connectivity index (χ0n) is 12.8. The third kappa shape index (κ3) is 4.56. The van der Waals surface area contributed by atoms with Crippen LogP contribution in [0.25, 0.3) is 0 Å². The summed E-state index contributed by atoms with van der Waals surface area (Å²) < 4.78 is 5.02. The van der Waals surface area contributed by atoms with Gasteiger partial charge in [0.15, 0.2) is 5.54 Å². The summed E-state index contributed by atoms with van der Waals surface area (Å²) in [7, 11) is 0. The van der Waals surface area contributed by atoms with Crippen molar-refractivity contribution in [3.63, 3.8) is 0 Å². The molecule has 1 aromatic rings. The third-order valence-corrected chi connectivity index (χ3v) is 3.08. The minimum atomic E-state index is -1.41. The summed E-state index contributed by atoms with van der Waals surface area (Å²) in [5.74, 6) is -0.901. The van der Waals surface area contributed by atoms with Crippen LogP contribution in [0.4, 0.5) is 0 Å². The number of rotatable bonds is 7. The molecule has 5 nitrogen and oxygen atoms in total. The van der Waals surface area contributed by atoms with Crippen LogP contribution in [-0.4, -0.2) is 35.7 Å². The Bertz CT molecular complexity index is 472. The molecule has 1 atom stereocenters. The van der Waals surface area contributed by atoms with Crippen molar-refractivity contribution >= 4 is 11.9 Å². The predicted octanol–water partition coefficient (Wildman–Crippen LogP) is 1.76. The van der Waals surface area contributed by atoms with Gasteiger partial charge in [-0.25, -0.2) is 4.79 Å². The molecular formula is C16H23NO4. The van der Waals surface area contributed by atoms with Crippen LogP contribution in [0.5, 0.6) is 0 Å². The van der Waals surface area contributed by atoms with E-state index in [2.05, 4.69) is 5.32 Å². The summed E-state index contributed by atoms with van der Waals surface area (Å²) in [5, 5.41) is 12.4. The Morgan fingerprint density at radius 2 is 1.90 bits per heavy atom. The molecule has 0 aliphatic heterocycles. The van der Waals surface area contributed by atoms with Gasteiger partial charge in [-0.05, 0) is 31.4 Å². The number of aliphatic hydroxyl groups excluding tert-OH is 1. The SMILES string of the molecule is CCOC(=O)[C@@](CO)(CC(C)C)NC(=O)c1ccccc1. The number of nitrogens with one attached hydrogen (secondary N) is 1. The lowest BCUT2D eigenvalue weighted by molar-refractivity contribution is -0.153. The van der Waals surface area contributed by atoms with Gasteiger partial charge in [-0.2, -0.15) is 0 Å². The summed E-state index contributed by atoms with van der Waals surface area (Å²) in [5.41, 5.74) is -0.972. The number of carbonyl (C=O) groups excluding carboxylic acids is 2. The number of benzene rings is 1. The fourth-order valence-corrected chi connectivity index (χ4v) is 2.20. The normalized spacial score (nSPS) is 13.6. The van der Waals surface area contributed by atoms with Crippen LogP contribution in [0.1, 0.15) is 37.6 Å². The van der Waals surface area contributed by atoms with E-state index < -0.39 is 24.0 Å². The minimum absolute atomic E-state index is 0.109. The lowest BCUT2D eigenvalue weighted by atomic mass is 9.89. The Balaban J connectivity index is 3.00. The number of ether oxygens (including phenoxy) is 1. The lowest BCUT2D eigenvalue weighted by Crippen LogP contribution is -2.58. The van der Waals surface area contributed by atoms with Crippen LogP contribution in [0.3, 0.4) is 0 Å². The van der Waals surface area contributed by atoms with E-state index in [0.29, 0.717) is 12.0 Å². The molecule has 1 rings (SSSR count). The molecule has 0 unspecified atom stereocenters. The van der Waals surface area contributed by atoms with Crippen LogP contribution >= 0.6 is 0 Å². The molecule has 0 bridgehead atoms. The summed E-state index contributed by atoms with van der Waals surface area (Å²) in [6.45, 7) is 5.22. The third-order valence-electron chi connectivity index (χ3n) is 3.08. The van der Waals surface area contributed by atoms with Gasteiger partial charge in [0.25, 0.3) is 5.91 Å². The quantitative estimate of drug-likeness (QED) is 0.751. The Kier molecular flexibility index (Phi) is 6.37. The molecule has 21 heavy (non-hydrogen) atoms. The fraction of sp³-hybridized carbons (Fsp3) is 0.500. The number of aliphatic hydroxyl groups is 1. The predicted molar refractivity (Wildman–Crippen MR) is 79.8 cm³/mol. The van der Waals surface area contributed by atoms with Gasteiger partial charge in [-0.1, -0.05) is 32.0 Å². The van der Waals surface area contributed by atoms with Crippen molar-refractivity contribution < 1.29 is 19.4 Å². The molecule has 0 fully saturated rings. The van der Waals surface area contributed by atoms with Gasteiger partial charge in [0.05, 0.1) is 13.2 Å². The zero-order valence-corrected chi connectivity index (χ0v) is 12.8. The highest BCUT2D eigenvalue weighted by atomic mass is 16.5. The first-order valence-electron chi connectivity index (χ1n) is 7.11. The van der Waals surface area contributed by atoms with Gasteiger partial charge in [0.1, 0.15) is 0 Å². The smallest absolute Gasteiger partial charge is 0.334 e. The first-order chi connectivity index (χ1) is 9.95. The zero-order chi connectivity index (χ0) is 15.9. The molecule has 0 aliphatic rings. The second kappa shape index (κ2) is 7.78. The van der Waals surface area contributed by atoms with Crippen LogP contribution in [0.15, 0.2) is 30.3 Å². The van der Waals surface area contributed by atoms with Crippen LogP contribution in [0.2, 0.25) is 0 Å². The van der Waals surface area contributed by atoms with E-state index in [1.165, 1.54) is 0 Å². The van der Waals surface area contributed by atoms with Crippen LogP contribution in [0, 0.1) is 5.92 Å². The second-order valence-electron chi connectivity index (χ2n) is 5.38. The van der Waals surface area contributed by atoms with Gasteiger partial charge in [0, 0.05) is 5.56 Å². The van der Waals surface area contributed by atoms with Crippen LogP contribution in [-0.2, 0) is 9.53 Å². The number of amides is 1. The highest BCUT2D eigenvalue weighted by molar-refractivity contribution is 5.98. The summed E-state index contributed by atoms with van der Waals surface area (Å²) >= 11 is 0. The number of hydrogen-bond donors (Lipinski definition) is 2. The molecule has 1 amide bonds. The lowest BCUT2D eigenvalue weighted by Gasteiger charge is -2.32. The van der Waals surface area contributed by atoms with Gasteiger partial charge in [-0.3, -0.25) is 4.79 Å². The molecule has 0 aromatic heterocycles. The van der Waals surface area contributed by atoms with E-state index in [1.807, 2.05) is 13.8 Å². The number of carbonyl (C=O) groups is 2. The topological polar surface area (TPSA) is 75.6 Å². The molecular weight excluding hydrogens is 270 g/mol. The van der Waals surface area contributed by atoms with E-state index in [9.17, 15) is 14.7 Å². The van der Waals surface area contributed by atoms with Crippen molar-refractivity contribution in [1.29, 1.82) is 0 Å². The average Bonchev–Trinajstić information content (AvgIpc) is 2.47. The highest BCUT2D eigenvalue weighted by Crippen LogP contribution is 2.20. The summed E-state index contributed by atoms with van der Waals surface area (Å²) in [4.78, 5) is 24.5. The van der Waals surface area contributed by atoms with Crippen molar-refractivity contribution in [2.45, 2.75) is 32.7 Å².